The maximum atomic E-state index is 13.1. The average molecular weight is 510 g/mol. The minimum Gasteiger partial charge on any atom is -0.491 e. The molecule has 2 N–H and O–H groups in total. The lowest BCUT2D eigenvalue weighted by molar-refractivity contribution is -0.128. The summed E-state index contributed by atoms with van der Waals surface area (Å²) in [6.45, 7) is 5.35. The van der Waals surface area contributed by atoms with E-state index in [0.717, 1.165) is 37.9 Å². The Bertz CT molecular complexity index is 1040. The topological polar surface area (TPSA) is 87.8 Å². The van der Waals surface area contributed by atoms with Crippen LogP contribution in [0.15, 0.2) is 47.1 Å². The van der Waals surface area contributed by atoms with E-state index in [1.165, 1.54) is 22.3 Å². The predicted octanol–water partition coefficient (Wildman–Crippen LogP) is 5.16. The number of hydrogen-bond donors (Lipinski definition) is 1. The Hall–Kier alpha value is -2.28. The number of carbonyl (C=O) groups is 2. The Morgan fingerprint density at radius 3 is 2.41 bits per heavy atom. The molecule has 6 nitrogen and oxygen atoms in total. The molecule has 0 bridgehead atoms. The van der Waals surface area contributed by atoms with Crippen LogP contribution in [0.1, 0.15) is 70.8 Å². The smallest absolute Gasteiger partial charge is 0.156 e. The number of rotatable bonds is 10. The third kappa shape index (κ3) is 5.62. The van der Waals surface area contributed by atoms with Crippen LogP contribution in [0.4, 0.5) is 0 Å². The minimum atomic E-state index is -0.245. The molecule has 0 aliphatic heterocycles. The lowest BCUT2D eigenvalue weighted by atomic mass is 9.53. The van der Waals surface area contributed by atoms with E-state index in [1.54, 1.807) is 0 Å². The predicted molar refractivity (Wildman–Crippen MR) is 145 cm³/mol. The van der Waals surface area contributed by atoms with Crippen LogP contribution in [0.3, 0.4) is 0 Å². The summed E-state index contributed by atoms with van der Waals surface area (Å²) in [5, 5.41) is 0. The van der Waals surface area contributed by atoms with Crippen LogP contribution < -0.4 is 10.5 Å². The van der Waals surface area contributed by atoms with Crippen molar-refractivity contribution in [2.45, 2.75) is 65.2 Å². The van der Waals surface area contributed by atoms with E-state index in [1.807, 2.05) is 18.2 Å². The fourth-order valence-corrected chi connectivity index (χ4v) is 7.15. The van der Waals surface area contributed by atoms with E-state index >= 15 is 0 Å². The van der Waals surface area contributed by atoms with Gasteiger partial charge in [-0.3, -0.25) is 9.59 Å². The van der Waals surface area contributed by atoms with E-state index in [2.05, 4.69) is 19.1 Å². The van der Waals surface area contributed by atoms with Gasteiger partial charge in [0.1, 0.15) is 18.1 Å². The molecule has 37 heavy (non-hydrogen) atoms. The van der Waals surface area contributed by atoms with Crippen LogP contribution in [0.5, 0.6) is 5.75 Å². The summed E-state index contributed by atoms with van der Waals surface area (Å²) in [6, 6.07) is 8.41. The SMILES string of the molecule is C.CC12CC(c3ccc(OCCOCCOCCN)cc3)C3=C4CCC(=O)C=C4CCC3C1CCC2=O. The first kappa shape index (κ1) is 27.7. The molecular formula is C31H43NO5. The first-order chi connectivity index (χ1) is 17.5. The molecule has 0 saturated heterocycles. The summed E-state index contributed by atoms with van der Waals surface area (Å²) >= 11 is 0. The Balaban J connectivity index is 0.00000320. The van der Waals surface area contributed by atoms with Gasteiger partial charge in [-0.05, 0) is 78.9 Å². The number of hydrogen-bond acceptors (Lipinski definition) is 6. The molecule has 2 fully saturated rings. The second-order valence-electron chi connectivity index (χ2n) is 10.9. The van der Waals surface area contributed by atoms with Gasteiger partial charge in [-0.15, -0.1) is 0 Å². The molecule has 4 aliphatic rings. The largest absolute Gasteiger partial charge is 0.491 e. The van der Waals surface area contributed by atoms with Gasteiger partial charge >= 0.3 is 0 Å². The molecule has 0 aromatic heterocycles. The van der Waals surface area contributed by atoms with Crippen molar-refractivity contribution < 1.29 is 23.8 Å². The van der Waals surface area contributed by atoms with E-state index in [4.69, 9.17) is 19.9 Å². The van der Waals surface area contributed by atoms with Crippen molar-refractivity contribution in [3.05, 3.63) is 52.6 Å². The highest BCUT2D eigenvalue weighted by Crippen LogP contribution is 2.62. The highest BCUT2D eigenvalue weighted by Gasteiger charge is 2.56. The molecule has 0 heterocycles. The van der Waals surface area contributed by atoms with Crippen LogP contribution in [-0.4, -0.2) is 51.1 Å². The van der Waals surface area contributed by atoms with Gasteiger partial charge in [-0.2, -0.15) is 0 Å². The van der Waals surface area contributed by atoms with Crippen molar-refractivity contribution >= 4 is 11.6 Å². The van der Waals surface area contributed by atoms with Crippen LogP contribution in [0, 0.1) is 17.3 Å². The standard InChI is InChI=1S/C30H39NO5.CH4/c1-30-19-26(20-2-6-23(7-3-20)36-17-16-35-15-14-34-13-12-31)29-24-9-5-22(32)18-21(24)4-8-25(29)27(30)10-11-28(30)33;/h2-3,6-7,18,25-27H,4-5,8-17,19,31H2,1H3;1H4. The van der Waals surface area contributed by atoms with Gasteiger partial charge in [0.25, 0.3) is 0 Å². The summed E-state index contributed by atoms with van der Waals surface area (Å²) in [6.07, 6.45) is 7.97. The van der Waals surface area contributed by atoms with Crippen molar-refractivity contribution in [1.82, 2.24) is 0 Å². The molecule has 0 spiro atoms. The molecule has 1 aromatic rings. The zero-order chi connectivity index (χ0) is 25.1. The summed E-state index contributed by atoms with van der Waals surface area (Å²) in [5.41, 5.74) is 10.6. The minimum absolute atomic E-state index is 0. The number of ether oxygens (including phenoxy) is 3. The number of fused-ring (bicyclic) bond motifs is 4. The quantitative estimate of drug-likeness (QED) is 0.438. The van der Waals surface area contributed by atoms with E-state index in [-0.39, 0.29) is 24.5 Å². The molecule has 2 saturated carbocycles. The lowest BCUT2D eigenvalue weighted by Gasteiger charge is -2.50. The van der Waals surface area contributed by atoms with Gasteiger partial charge < -0.3 is 19.9 Å². The van der Waals surface area contributed by atoms with Crippen molar-refractivity contribution in [3.8, 4) is 5.75 Å². The zero-order valence-corrected chi connectivity index (χ0v) is 21.4. The fraction of sp³-hybridized carbons (Fsp3) is 0.613. The van der Waals surface area contributed by atoms with Gasteiger partial charge in [0.05, 0.1) is 26.4 Å². The highest BCUT2D eigenvalue weighted by atomic mass is 16.5. The number of ketones is 2. The monoisotopic (exact) mass is 509 g/mol. The summed E-state index contributed by atoms with van der Waals surface area (Å²) in [5.74, 6) is 2.62. The van der Waals surface area contributed by atoms with Crippen LogP contribution in [0.2, 0.25) is 0 Å². The van der Waals surface area contributed by atoms with E-state index in [9.17, 15) is 9.59 Å². The van der Waals surface area contributed by atoms with E-state index < -0.39 is 0 Å². The lowest BCUT2D eigenvalue weighted by Crippen LogP contribution is -2.43. The Morgan fingerprint density at radius 2 is 1.65 bits per heavy atom. The van der Waals surface area contributed by atoms with Gasteiger partial charge in [0.2, 0.25) is 0 Å². The molecule has 4 unspecified atom stereocenters. The van der Waals surface area contributed by atoms with Crippen molar-refractivity contribution in [2.24, 2.45) is 23.0 Å². The molecule has 0 radical (unpaired) electrons. The molecule has 4 aliphatic carbocycles. The van der Waals surface area contributed by atoms with Crippen LogP contribution in [-0.2, 0) is 19.1 Å². The molecule has 4 atom stereocenters. The molecule has 1 aromatic carbocycles. The van der Waals surface area contributed by atoms with Gasteiger partial charge in [-0.25, -0.2) is 0 Å². The molecular weight excluding hydrogens is 466 g/mol. The van der Waals surface area contributed by atoms with Crippen LogP contribution >= 0.6 is 0 Å². The second kappa shape index (κ2) is 12.1. The third-order valence-corrected chi connectivity index (χ3v) is 8.86. The van der Waals surface area contributed by atoms with Crippen molar-refractivity contribution in [2.75, 3.05) is 39.6 Å². The van der Waals surface area contributed by atoms with Gasteiger partial charge in [0.15, 0.2) is 5.78 Å². The maximum absolute atomic E-state index is 13.1. The Labute approximate surface area is 221 Å². The molecule has 0 amide bonds. The van der Waals surface area contributed by atoms with Gasteiger partial charge in [0, 0.05) is 30.7 Å². The number of benzene rings is 1. The highest BCUT2D eigenvalue weighted by molar-refractivity contribution is 5.93. The van der Waals surface area contributed by atoms with Crippen LogP contribution in [0.25, 0.3) is 0 Å². The second-order valence-corrected chi connectivity index (χ2v) is 10.9. The van der Waals surface area contributed by atoms with Gasteiger partial charge in [-0.1, -0.05) is 32.1 Å². The normalized spacial score (nSPS) is 28.7. The first-order valence-corrected chi connectivity index (χ1v) is 13.6. The summed E-state index contributed by atoms with van der Waals surface area (Å²) < 4.78 is 16.7. The molecule has 202 valence electrons. The number of allylic oxidation sites excluding steroid dienone is 4. The average Bonchev–Trinajstić information content (AvgIpc) is 3.19. The maximum Gasteiger partial charge on any atom is 0.156 e. The fourth-order valence-electron chi connectivity index (χ4n) is 7.15. The molecule has 5 rings (SSSR count). The van der Waals surface area contributed by atoms with E-state index in [0.29, 0.717) is 70.0 Å². The number of carbonyl (C=O) groups excluding carboxylic acids is 2. The number of nitrogens with two attached hydrogens (primary N) is 1. The van der Waals surface area contributed by atoms with Crippen molar-refractivity contribution in [1.29, 1.82) is 0 Å². The number of Topliss-reactive ketones (excluding diaryl/α,β-unsaturated/α-hetero) is 1. The molecule has 6 heteroatoms. The summed E-state index contributed by atoms with van der Waals surface area (Å²) in [7, 11) is 0. The Kier molecular flexibility index (Phi) is 9.04. The summed E-state index contributed by atoms with van der Waals surface area (Å²) in [4.78, 5) is 25.2. The third-order valence-electron chi connectivity index (χ3n) is 8.86. The zero-order valence-electron chi connectivity index (χ0n) is 21.4. The first-order valence-electron chi connectivity index (χ1n) is 13.6. The Morgan fingerprint density at radius 1 is 0.919 bits per heavy atom. The van der Waals surface area contributed by atoms with Crippen molar-refractivity contribution in [3.63, 3.8) is 0 Å².